The van der Waals surface area contributed by atoms with Crippen molar-refractivity contribution in [3.8, 4) is 11.5 Å². The van der Waals surface area contributed by atoms with E-state index in [9.17, 15) is 9.18 Å². The van der Waals surface area contributed by atoms with Gasteiger partial charge in [0, 0.05) is 18.6 Å². The number of aromatic amines is 1. The Morgan fingerprint density at radius 1 is 1.33 bits per heavy atom. The smallest absolute Gasteiger partial charge is 0.294 e. The lowest BCUT2D eigenvalue weighted by Gasteiger charge is -2.10. The number of benzene rings is 1. The molecule has 1 aromatic carbocycles. The van der Waals surface area contributed by atoms with E-state index in [2.05, 4.69) is 9.97 Å². The number of nitrogens with one attached hydrogen (secondary N) is 1. The number of halogens is 1. The molecule has 5 nitrogen and oxygen atoms in total. The Morgan fingerprint density at radius 3 is 2.86 bits per heavy atom. The van der Waals surface area contributed by atoms with E-state index in [4.69, 9.17) is 17.0 Å². The maximum atomic E-state index is 13.6. The summed E-state index contributed by atoms with van der Waals surface area (Å²) < 4.78 is 20.6. The summed E-state index contributed by atoms with van der Waals surface area (Å²) in [4.78, 5) is 19.0. The van der Waals surface area contributed by atoms with Crippen molar-refractivity contribution in [2.24, 2.45) is 7.05 Å². The zero-order valence-corrected chi connectivity index (χ0v) is 11.8. The summed E-state index contributed by atoms with van der Waals surface area (Å²) in [6, 6.07) is 7.39. The number of fused-ring (bicyclic) bond motifs is 1. The van der Waals surface area contributed by atoms with Crippen molar-refractivity contribution < 1.29 is 9.13 Å². The largest absolute Gasteiger partial charge is 0.448 e. The minimum Gasteiger partial charge on any atom is -0.448 e. The normalized spacial score (nSPS) is 10.8. The van der Waals surface area contributed by atoms with Gasteiger partial charge in [-0.1, -0.05) is 12.1 Å². The lowest BCUT2D eigenvalue weighted by molar-refractivity contribution is 0.434. The van der Waals surface area contributed by atoms with Crippen LogP contribution in [0.25, 0.3) is 11.0 Å². The van der Waals surface area contributed by atoms with Crippen molar-refractivity contribution in [1.29, 1.82) is 0 Å². The molecule has 21 heavy (non-hydrogen) atoms. The number of hydrogen-bond donors (Lipinski definition) is 1. The van der Waals surface area contributed by atoms with E-state index in [0.29, 0.717) is 11.0 Å². The molecule has 0 saturated carbocycles. The second-order valence-corrected chi connectivity index (χ2v) is 4.78. The Kier molecular flexibility index (Phi) is 3.26. The highest BCUT2D eigenvalue weighted by molar-refractivity contribution is 7.71. The van der Waals surface area contributed by atoms with Crippen LogP contribution in [-0.4, -0.2) is 14.5 Å². The fourth-order valence-electron chi connectivity index (χ4n) is 1.97. The topological polar surface area (TPSA) is 59.9 Å². The van der Waals surface area contributed by atoms with Crippen LogP contribution in [0.3, 0.4) is 0 Å². The third kappa shape index (κ3) is 2.43. The summed E-state index contributed by atoms with van der Waals surface area (Å²) in [5, 5.41) is 0.636. The van der Waals surface area contributed by atoms with Crippen LogP contribution in [0.5, 0.6) is 11.5 Å². The molecule has 0 amide bonds. The van der Waals surface area contributed by atoms with Gasteiger partial charge in [-0.25, -0.2) is 9.37 Å². The quantitative estimate of drug-likeness (QED) is 0.740. The fraction of sp³-hybridized carbons (Fsp3) is 0.0714. The molecular weight excluding hydrogens is 293 g/mol. The molecule has 0 fully saturated rings. The summed E-state index contributed by atoms with van der Waals surface area (Å²) in [5.74, 6) is -0.529. The summed E-state index contributed by atoms with van der Waals surface area (Å²) in [6.07, 6.45) is 1.53. The summed E-state index contributed by atoms with van der Waals surface area (Å²) >= 11 is 4.93. The first-order valence-corrected chi connectivity index (χ1v) is 6.48. The molecule has 3 rings (SSSR count). The lowest BCUT2D eigenvalue weighted by Crippen LogP contribution is -2.19. The molecule has 1 N–H and O–H groups in total. The molecule has 0 aliphatic rings. The number of para-hydroxylation sites is 1. The Hall–Kier alpha value is -2.54. The number of nitrogens with zero attached hydrogens (tertiary/aromatic N) is 2. The zero-order valence-electron chi connectivity index (χ0n) is 11.0. The van der Waals surface area contributed by atoms with Crippen molar-refractivity contribution in [2.75, 3.05) is 0 Å². The van der Waals surface area contributed by atoms with Crippen LogP contribution in [0.2, 0.25) is 0 Å². The van der Waals surface area contributed by atoms with E-state index >= 15 is 0 Å². The van der Waals surface area contributed by atoms with Gasteiger partial charge in [-0.3, -0.25) is 9.36 Å². The van der Waals surface area contributed by atoms with Crippen molar-refractivity contribution >= 4 is 23.3 Å². The minimum atomic E-state index is -0.537. The molecule has 3 aromatic rings. The van der Waals surface area contributed by atoms with Crippen LogP contribution in [-0.2, 0) is 7.05 Å². The van der Waals surface area contributed by atoms with Gasteiger partial charge in [0.1, 0.15) is 5.65 Å². The summed E-state index contributed by atoms with van der Waals surface area (Å²) in [5.41, 5.74) is 0.128. The summed E-state index contributed by atoms with van der Waals surface area (Å²) in [6.45, 7) is 0. The van der Waals surface area contributed by atoms with Gasteiger partial charge in [-0.15, -0.1) is 0 Å². The number of ether oxygens (including phenoxy) is 1. The standard InChI is InChI=1S/C14H10FN3O2S/c1-18-12-8(7-16-14(21)17-12)6-11(13(18)19)20-10-5-3-2-4-9(10)15/h2-7H,1H3,(H,16,17,21). The van der Waals surface area contributed by atoms with Gasteiger partial charge >= 0.3 is 0 Å². The highest BCUT2D eigenvalue weighted by atomic mass is 32.1. The first-order chi connectivity index (χ1) is 10.1. The number of pyridine rings is 1. The molecule has 0 radical (unpaired) electrons. The predicted molar refractivity (Wildman–Crippen MR) is 78.6 cm³/mol. The van der Waals surface area contributed by atoms with Gasteiger partial charge in [-0.05, 0) is 30.4 Å². The van der Waals surface area contributed by atoms with Crippen LogP contribution < -0.4 is 10.3 Å². The van der Waals surface area contributed by atoms with E-state index in [1.165, 1.54) is 29.0 Å². The number of aromatic nitrogens is 3. The Bertz CT molecular complexity index is 949. The predicted octanol–water partition coefficient (Wildman–Crippen LogP) is 2.92. The van der Waals surface area contributed by atoms with E-state index in [0.717, 1.165) is 0 Å². The molecule has 0 aliphatic carbocycles. The SMILES string of the molecule is Cn1c(=O)c(Oc2ccccc2F)cc2cnc(=S)[nH]c21. The van der Waals surface area contributed by atoms with Gasteiger partial charge < -0.3 is 9.72 Å². The van der Waals surface area contributed by atoms with Gasteiger partial charge in [0.05, 0.1) is 0 Å². The van der Waals surface area contributed by atoms with Crippen LogP contribution >= 0.6 is 12.2 Å². The monoisotopic (exact) mass is 303 g/mol. The highest BCUT2D eigenvalue weighted by Gasteiger charge is 2.11. The van der Waals surface area contributed by atoms with Crippen LogP contribution in [0.4, 0.5) is 4.39 Å². The number of rotatable bonds is 2. The molecule has 0 bridgehead atoms. The van der Waals surface area contributed by atoms with Gasteiger partial charge in [0.25, 0.3) is 5.56 Å². The third-order valence-corrected chi connectivity index (χ3v) is 3.22. The maximum Gasteiger partial charge on any atom is 0.294 e. The Labute approximate surface area is 123 Å². The molecule has 2 aromatic heterocycles. The van der Waals surface area contributed by atoms with E-state index in [1.807, 2.05) is 0 Å². The van der Waals surface area contributed by atoms with Gasteiger partial charge in [0.2, 0.25) is 0 Å². The molecule has 0 spiro atoms. The number of H-pyrrole nitrogens is 1. The zero-order chi connectivity index (χ0) is 15.0. The average Bonchev–Trinajstić information content (AvgIpc) is 2.47. The number of hydrogen-bond acceptors (Lipinski definition) is 4. The van der Waals surface area contributed by atoms with Crippen LogP contribution in [0.1, 0.15) is 0 Å². The first-order valence-electron chi connectivity index (χ1n) is 6.08. The van der Waals surface area contributed by atoms with Gasteiger partial charge in [0.15, 0.2) is 22.1 Å². The Morgan fingerprint density at radius 2 is 2.10 bits per heavy atom. The third-order valence-electron chi connectivity index (χ3n) is 3.01. The molecule has 0 saturated heterocycles. The van der Waals surface area contributed by atoms with Gasteiger partial charge in [-0.2, -0.15) is 0 Å². The molecule has 0 aliphatic heterocycles. The van der Waals surface area contributed by atoms with Crippen molar-refractivity contribution in [3.63, 3.8) is 0 Å². The fourth-order valence-corrected chi connectivity index (χ4v) is 2.12. The van der Waals surface area contributed by atoms with Crippen LogP contribution in [0, 0.1) is 10.6 Å². The molecule has 7 heteroatoms. The first kappa shape index (κ1) is 13.4. The summed E-state index contributed by atoms with van der Waals surface area (Å²) in [7, 11) is 1.57. The molecule has 0 atom stereocenters. The molecule has 2 heterocycles. The van der Waals surface area contributed by atoms with Crippen molar-refractivity contribution in [1.82, 2.24) is 14.5 Å². The Balaban J connectivity index is 2.18. The average molecular weight is 303 g/mol. The molecule has 106 valence electrons. The van der Waals surface area contributed by atoms with E-state index < -0.39 is 11.4 Å². The van der Waals surface area contributed by atoms with E-state index in [1.54, 1.807) is 19.2 Å². The maximum absolute atomic E-state index is 13.6. The van der Waals surface area contributed by atoms with Crippen LogP contribution in [0.15, 0.2) is 41.3 Å². The molecule has 0 unspecified atom stereocenters. The lowest BCUT2D eigenvalue weighted by atomic mass is 10.3. The second-order valence-electron chi connectivity index (χ2n) is 4.40. The second kappa shape index (κ2) is 5.10. The minimum absolute atomic E-state index is 0.00854. The van der Waals surface area contributed by atoms with Crippen molar-refractivity contribution in [2.45, 2.75) is 0 Å². The highest BCUT2D eigenvalue weighted by Crippen LogP contribution is 2.23. The number of aryl methyl sites for hydroxylation is 1. The molecular formula is C14H10FN3O2S. The van der Waals surface area contributed by atoms with Crippen molar-refractivity contribution in [3.05, 3.63) is 57.5 Å². The van der Waals surface area contributed by atoms with E-state index in [-0.39, 0.29) is 16.3 Å².